The zero-order chi connectivity index (χ0) is 25.0. The van der Waals surface area contributed by atoms with Gasteiger partial charge in [0.05, 0.1) is 9.88 Å². The zero-order valence-electron chi connectivity index (χ0n) is 21.5. The van der Waals surface area contributed by atoms with E-state index in [1.54, 1.807) is 17.5 Å². The maximum Gasteiger partial charge on any atom is 0.166 e. The van der Waals surface area contributed by atoms with Gasteiger partial charge < -0.3 is 15.4 Å². The van der Waals surface area contributed by atoms with Crippen LogP contribution in [0.15, 0.2) is 42.7 Å². The lowest BCUT2D eigenvalue weighted by atomic mass is 9.82. The number of nitrogens with two attached hydrogens (primary N) is 1. The van der Waals surface area contributed by atoms with Crippen LogP contribution in [0, 0.1) is 23.2 Å². The van der Waals surface area contributed by atoms with Crippen LogP contribution in [-0.2, 0) is 6.61 Å². The van der Waals surface area contributed by atoms with E-state index in [4.69, 9.17) is 15.5 Å². The van der Waals surface area contributed by atoms with Crippen molar-refractivity contribution in [2.24, 2.45) is 11.3 Å². The molecule has 1 aliphatic rings. The van der Waals surface area contributed by atoms with Gasteiger partial charge in [-0.05, 0) is 76.5 Å². The second-order valence-electron chi connectivity index (χ2n) is 10.4. The largest absolute Gasteiger partial charge is 0.485 e. The van der Waals surface area contributed by atoms with E-state index in [0.717, 1.165) is 47.5 Å². The average Bonchev–Trinajstić information content (AvgIpc) is 3.33. The molecule has 1 aliphatic heterocycles. The molecule has 6 heteroatoms. The molecule has 0 saturated carbocycles. The van der Waals surface area contributed by atoms with Crippen LogP contribution in [0.25, 0.3) is 10.4 Å². The topological polar surface area (TPSA) is 64.3 Å². The Hall–Kier alpha value is -2.88. The van der Waals surface area contributed by atoms with Gasteiger partial charge in [-0.1, -0.05) is 37.8 Å². The molecule has 3 heterocycles. The molecule has 0 bridgehead atoms. The first-order valence-corrected chi connectivity index (χ1v) is 13.2. The van der Waals surface area contributed by atoms with Crippen LogP contribution < -0.4 is 10.5 Å². The Morgan fingerprint density at radius 3 is 2.69 bits per heavy atom. The molecule has 0 unspecified atom stereocenters. The van der Waals surface area contributed by atoms with Crippen molar-refractivity contribution in [2.75, 3.05) is 25.9 Å². The van der Waals surface area contributed by atoms with Crippen molar-refractivity contribution in [3.05, 3.63) is 58.9 Å². The van der Waals surface area contributed by atoms with Crippen molar-refractivity contribution < 1.29 is 4.74 Å². The predicted molar refractivity (Wildman–Crippen MR) is 146 cm³/mol. The van der Waals surface area contributed by atoms with E-state index in [0.29, 0.717) is 30.0 Å². The number of piperidine rings is 1. The molecule has 0 aliphatic carbocycles. The summed E-state index contributed by atoms with van der Waals surface area (Å²) in [7, 11) is 2.18. The van der Waals surface area contributed by atoms with Crippen molar-refractivity contribution in [1.29, 1.82) is 0 Å². The van der Waals surface area contributed by atoms with Gasteiger partial charge in [0.25, 0.3) is 0 Å². The summed E-state index contributed by atoms with van der Waals surface area (Å²) < 4.78 is 6.10. The van der Waals surface area contributed by atoms with Crippen LogP contribution in [0.2, 0.25) is 0 Å². The molecule has 0 radical (unpaired) electrons. The number of ether oxygens (including phenoxy) is 1. The van der Waals surface area contributed by atoms with Crippen LogP contribution in [0.4, 0.5) is 5.82 Å². The summed E-state index contributed by atoms with van der Waals surface area (Å²) in [6.45, 7) is 11.4. The first-order valence-electron chi connectivity index (χ1n) is 12.4. The molecule has 0 spiro atoms. The molecule has 1 fully saturated rings. The quantitative estimate of drug-likeness (QED) is 0.418. The highest BCUT2D eigenvalue weighted by molar-refractivity contribution is 7.15. The summed E-state index contributed by atoms with van der Waals surface area (Å²) in [5, 5.41) is 1.21. The van der Waals surface area contributed by atoms with Crippen molar-refractivity contribution in [1.82, 2.24) is 14.9 Å². The maximum atomic E-state index is 6.15. The van der Waals surface area contributed by atoms with Crippen LogP contribution in [0.5, 0.6) is 5.75 Å². The number of aromatic nitrogens is 2. The number of thiazole rings is 1. The molecule has 1 aromatic carbocycles. The Kier molecular flexibility index (Phi) is 7.78. The fraction of sp³-hybridized carbons (Fsp3) is 0.448. The van der Waals surface area contributed by atoms with Gasteiger partial charge in [0.2, 0.25) is 0 Å². The van der Waals surface area contributed by atoms with Crippen LogP contribution in [0.3, 0.4) is 0 Å². The summed E-state index contributed by atoms with van der Waals surface area (Å²) in [5.41, 5.74) is 9.14. The first kappa shape index (κ1) is 25.2. The summed E-state index contributed by atoms with van der Waals surface area (Å²) in [4.78, 5) is 12.6. The minimum atomic E-state index is -0.0308. The average molecular weight is 489 g/mol. The van der Waals surface area contributed by atoms with Crippen molar-refractivity contribution in [3.8, 4) is 28.0 Å². The highest BCUT2D eigenvalue weighted by Crippen LogP contribution is 2.36. The van der Waals surface area contributed by atoms with Gasteiger partial charge in [-0.2, -0.15) is 0 Å². The number of anilines is 1. The maximum absolute atomic E-state index is 6.15. The third-order valence-electron chi connectivity index (χ3n) is 7.05. The summed E-state index contributed by atoms with van der Waals surface area (Å²) in [5.74, 6) is 8.76. The van der Waals surface area contributed by atoms with E-state index < -0.39 is 0 Å². The van der Waals surface area contributed by atoms with Crippen molar-refractivity contribution >= 4 is 17.2 Å². The van der Waals surface area contributed by atoms with Gasteiger partial charge in [-0.25, -0.2) is 9.97 Å². The fourth-order valence-electron chi connectivity index (χ4n) is 3.85. The molecule has 35 heavy (non-hydrogen) atoms. The number of rotatable bonds is 6. The molecular formula is C29H36N4OS. The Bertz CT molecular complexity index is 1210. The van der Waals surface area contributed by atoms with Crippen molar-refractivity contribution in [2.45, 2.75) is 53.1 Å². The van der Waals surface area contributed by atoms with Gasteiger partial charge >= 0.3 is 0 Å². The Balaban J connectivity index is 1.45. The molecule has 2 N–H and O–H groups in total. The number of benzene rings is 1. The number of hydrogen-bond donors (Lipinski definition) is 1. The van der Waals surface area contributed by atoms with E-state index in [1.165, 1.54) is 5.01 Å². The van der Waals surface area contributed by atoms with Gasteiger partial charge in [-0.3, -0.25) is 0 Å². The summed E-state index contributed by atoms with van der Waals surface area (Å²) in [6, 6.07) is 10.2. The molecule has 1 saturated heterocycles. The number of nitrogen functional groups attached to an aromatic ring is 1. The van der Waals surface area contributed by atoms with Gasteiger partial charge in [0.15, 0.2) is 11.6 Å². The Morgan fingerprint density at radius 2 is 1.94 bits per heavy atom. The number of hydrogen-bond acceptors (Lipinski definition) is 6. The van der Waals surface area contributed by atoms with E-state index in [9.17, 15) is 0 Å². The van der Waals surface area contributed by atoms with E-state index in [2.05, 4.69) is 62.5 Å². The van der Waals surface area contributed by atoms with Crippen LogP contribution in [-0.4, -0.2) is 35.0 Å². The van der Waals surface area contributed by atoms with Gasteiger partial charge in [-0.15, -0.1) is 11.3 Å². The molecular weight excluding hydrogens is 452 g/mol. The van der Waals surface area contributed by atoms with E-state index >= 15 is 0 Å². The molecule has 5 nitrogen and oxygen atoms in total. The second-order valence-corrected chi connectivity index (χ2v) is 11.4. The summed E-state index contributed by atoms with van der Waals surface area (Å²) >= 11 is 1.75. The zero-order valence-corrected chi connectivity index (χ0v) is 22.3. The molecule has 2 aromatic heterocycles. The number of nitrogens with zero attached hydrogens (tertiary/aromatic N) is 3. The normalized spacial score (nSPS) is 15.1. The molecule has 184 valence electrons. The van der Waals surface area contributed by atoms with Crippen LogP contribution in [0.1, 0.15) is 62.6 Å². The highest BCUT2D eigenvalue weighted by Gasteiger charge is 2.22. The fourth-order valence-corrected chi connectivity index (χ4v) is 4.92. The monoisotopic (exact) mass is 488 g/mol. The second kappa shape index (κ2) is 10.8. The molecule has 0 amide bonds. The standard InChI is InChI=1S/C29H36N4OS/c1-20(2)29(3,4)12-9-21-7-6-8-22(15-21)19-34-25-16-24(17-31-27(25)30)26-18-32-28(35-26)23-10-13-33(5)14-11-23/h6-8,15-18,20,23H,10-11,13-14,19H2,1-5H3,(H2,30,31). The van der Waals surface area contributed by atoms with Gasteiger partial charge in [0.1, 0.15) is 6.61 Å². The van der Waals surface area contributed by atoms with E-state index in [-0.39, 0.29) is 5.41 Å². The smallest absolute Gasteiger partial charge is 0.166 e. The summed E-state index contributed by atoms with van der Waals surface area (Å²) in [6.07, 6.45) is 6.09. The Labute approximate surface area is 213 Å². The lowest BCUT2D eigenvalue weighted by Crippen LogP contribution is -2.29. The third kappa shape index (κ3) is 6.42. The highest BCUT2D eigenvalue weighted by atomic mass is 32.1. The predicted octanol–water partition coefficient (Wildman–Crippen LogP) is 6.21. The number of pyridine rings is 1. The SMILES string of the molecule is CC(C)C(C)(C)C#Cc1cccc(COc2cc(-c3cnc(C4CCN(C)CC4)s3)cnc2N)c1. The molecule has 4 rings (SSSR count). The first-order chi connectivity index (χ1) is 16.7. The third-order valence-corrected chi connectivity index (χ3v) is 8.26. The van der Waals surface area contributed by atoms with Crippen molar-refractivity contribution in [3.63, 3.8) is 0 Å². The lowest BCUT2D eigenvalue weighted by molar-refractivity contribution is 0.255. The molecule has 0 atom stereocenters. The van der Waals surface area contributed by atoms with Gasteiger partial charge in [0, 0.05) is 34.9 Å². The Morgan fingerprint density at radius 1 is 1.17 bits per heavy atom. The molecule has 3 aromatic rings. The minimum absolute atomic E-state index is 0.0308. The van der Waals surface area contributed by atoms with Crippen LogP contribution >= 0.6 is 11.3 Å². The number of likely N-dealkylation sites (tertiary alicyclic amines) is 1. The van der Waals surface area contributed by atoms with E-state index in [1.807, 2.05) is 30.5 Å². The minimum Gasteiger partial charge on any atom is -0.485 e. The lowest BCUT2D eigenvalue weighted by Gasteiger charge is -2.27.